The molecule has 0 amide bonds. The smallest absolute Gasteiger partial charge is 0.0949 e. The van der Waals surface area contributed by atoms with E-state index in [1.165, 1.54) is 0 Å². The molecule has 0 fully saturated rings. The van der Waals surface area contributed by atoms with Crippen LogP contribution in [0.4, 0.5) is 0 Å². The summed E-state index contributed by atoms with van der Waals surface area (Å²) in [6, 6.07) is 0. The van der Waals surface area contributed by atoms with E-state index in [1.807, 2.05) is 13.4 Å². The molecule has 1 heterocycles. The van der Waals surface area contributed by atoms with Crippen LogP contribution in [0.5, 0.6) is 0 Å². The van der Waals surface area contributed by atoms with E-state index >= 15 is 0 Å². The highest BCUT2D eigenvalue weighted by molar-refractivity contribution is 4.97. The number of rotatable bonds is 7. The first-order valence-electron chi connectivity index (χ1n) is 5.78. The second-order valence-corrected chi connectivity index (χ2v) is 4.67. The van der Waals surface area contributed by atoms with E-state index in [4.69, 9.17) is 4.74 Å². The van der Waals surface area contributed by atoms with E-state index in [2.05, 4.69) is 34.9 Å². The van der Waals surface area contributed by atoms with Crippen LogP contribution in [-0.2, 0) is 17.7 Å². The van der Waals surface area contributed by atoms with Crippen molar-refractivity contribution < 1.29 is 4.74 Å². The summed E-state index contributed by atoms with van der Waals surface area (Å²) in [5.74, 6) is 0. The van der Waals surface area contributed by atoms with Gasteiger partial charge in [0, 0.05) is 32.8 Å². The van der Waals surface area contributed by atoms with Gasteiger partial charge in [-0.1, -0.05) is 0 Å². The fraction of sp³-hybridized carbons (Fsp3) is 0.750. The van der Waals surface area contributed by atoms with Crippen LogP contribution >= 0.6 is 0 Å². The Morgan fingerprint density at radius 2 is 2.25 bits per heavy atom. The Kier molecular flexibility index (Phi) is 4.96. The summed E-state index contributed by atoms with van der Waals surface area (Å²) < 4.78 is 7.52. The topological polar surface area (TPSA) is 39.1 Å². The van der Waals surface area contributed by atoms with Crippen molar-refractivity contribution >= 4 is 0 Å². The van der Waals surface area contributed by atoms with Gasteiger partial charge in [-0.05, 0) is 27.3 Å². The molecule has 0 aliphatic rings. The van der Waals surface area contributed by atoms with Gasteiger partial charge in [-0.15, -0.1) is 0 Å². The van der Waals surface area contributed by atoms with E-state index in [-0.39, 0.29) is 5.60 Å². The molecule has 0 unspecified atom stereocenters. The first-order chi connectivity index (χ1) is 7.57. The van der Waals surface area contributed by atoms with Crippen LogP contribution in [0.1, 0.15) is 26.0 Å². The Labute approximate surface area is 98.0 Å². The van der Waals surface area contributed by atoms with Crippen molar-refractivity contribution in [2.75, 3.05) is 20.7 Å². The average Bonchev–Trinajstić information content (AvgIpc) is 2.72. The van der Waals surface area contributed by atoms with Gasteiger partial charge in [0.2, 0.25) is 0 Å². The number of imidazole rings is 1. The first kappa shape index (κ1) is 13.2. The molecule has 1 N–H and O–H groups in total. The average molecular weight is 225 g/mol. The van der Waals surface area contributed by atoms with Gasteiger partial charge >= 0.3 is 0 Å². The molecule has 0 bridgehead atoms. The standard InChI is InChI=1S/C12H23N3O/c1-12(2,16-4)6-8-15-9-11(14-10-15)5-7-13-3/h9-10,13H,5-8H2,1-4H3. The highest BCUT2D eigenvalue weighted by atomic mass is 16.5. The molecule has 16 heavy (non-hydrogen) atoms. The molecule has 4 nitrogen and oxygen atoms in total. The third kappa shape index (κ3) is 4.33. The van der Waals surface area contributed by atoms with Crippen molar-refractivity contribution in [3.8, 4) is 0 Å². The summed E-state index contributed by atoms with van der Waals surface area (Å²) in [6.07, 6.45) is 5.99. The second kappa shape index (κ2) is 6.01. The highest BCUT2D eigenvalue weighted by Gasteiger charge is 2.15. The molecule has 92 valence electrons. The molecule has 1 aromatic heterocycles. The lowest BCUT2D eigenvalue weighted by Crippen LogP contribution is -2.24. The zero-order valence-electron chi connectivity index (χ0n) is 10.8. The fourth-order valence-corrected chi connectivity index (χ4v) is 1.41. The van der Waals surface area contributed by atoms with Crippen LogP contribution in [0.2, 0.25) is 0 Å². The Morgan fingerprint density at radius 1 is 1.50 bits per heavy atom. The second-order valence-electron chi connectivity index (χ2n) is 4.67. The lowest BCUT2D eigenvalue weighted by molar-refractivity contribution is 0.0120. The van der Waals surface area contributed by atoms with Gasteiger partial charge in [-0.25, -0.2) is 4.98 Å². The maximum Gasteiger partial charge on any atom is 0.0949 e. The summed E-state index contributed by atoms with van der Waals surface area (Å²) in [5.41, 5.74) is 1.08. The molecular weight excluding hydrogens is 202 g/mol. The van der Waals surface area contributed by atoms with Crippen molar-refractivity contribution in [2.45, 2.75) is 38.8 Å². The summed E-state index contributed by atoms with van der Waals surface area (Å²) in [4.78, 5) is 4.36. The zero-order valence-corrected chi connectivity index (χ0v) is 10.8. The molecule has 0 saturated carbocycles. The van der Waals surface area contributed by atoms with Gasteiger partial charge in [0.15, 0.2) is 0 Å². The van der Waals surface area contributed by atoms with Gasteiger partial charge in [-0.3, -0.25) is 0 Å². The predicted octanol–water partition coefficient (Wildman–Crippen LogP) is 1.46. The van der Waals surface area contributed by atoms with Gasteiger partial charge in [0.25, 0.3) is 0 Å². The molecule has 4 heteroatoms. The maximum absolute atomic E-state index is 5.39. The Balaban J connectivity index is 2.40. The van der Waals surface area contributed by atoms with Crippen LogP contribution < -0.4 is 5.32 Å². The Bertz CT molecular complexity index is 307. The largest absolute Gasteiger partial charge is 0.379 e. The molecule has 0 radical (unpaired) electrons. The first-order valence-corrected chi connectivity index (χ1v) is 5.78. The van der Waals surface area contributed by atoms with Crippen molar-refractivity contribution in [1.29, 1.82) is 0 Å². The summed E-state index contributed by atoms with van der Waals surface area (Å²) in [7, 11) is 3.71. The number of hydrogen-bond donors (Lipinski definition) is 1. The number of nitrogens with one attached hydrogen (secondary N) is 1. The molecule has 1 aromatic rings. The van der Waals surface area contributed by atoms with E-state index in [0.717, 1.165) is 31.6 Å². The predicted molar refractivity (Wildman–Crippen MR) is 65.6 cm³/mol. The van der Waals surface area contributed by atoms with Crippen LogP contribution in [0, 0.1) is 0 Å². The van der Waals surface area contributed by atoms with Crippen molar-refractivity contribution in [2.24, 2.45) is 0 Å². The number of likely N-dealkylation sites (N-methyl/N-ethyl adjacent to an activating group) is 1. The molecule has 1 rings (SSSR count). The minimum Gasteiger partial charge on any atom is -0.379 e. The number of hydrogen-bond acceptors (Lipinski definition) is 3. The summed E-state index contributed by atoms with van der Waals surface area (Å²) in [6.45, 7) is 6.13. The van der Waals surface area contributed by atoms with E-state index < -0.39 is 0 Å². The van der Waals surface area contributed by atoms with Gasteiger partial charge < -0.3 is 14.6 Å². The van der Waals surface area contributed by atoms with Gasteiger partial charge in [-0.2, -0.15) is 0 Å². The normalized spacial score (nSPS) is 12.0. The van der Waals surface area contributed by atoms with Crippen LogP contribution in [0.25, 0.3) is 0 Å². The maximum atomic E-state index is 5.39. The number of aryl methyl sites for hydroxylation is 1. The molecule has 0 atom stereocenters. The zero-order chi connectivity index (χ0) is 12.0. The highest BCUT2D eigenvalue weighted by Crippen LogP contribution is 2.14. The number of aromatic nitrogens is 2. The molecule has 0 aliphatic heterocycles. The van der Waals surface area contributed by atoms with E-state index in [0.29, 0.717) is 0 Å². The number of nitrogens with zero attached hydrogens (tertiary/aromatic N) is 2. The van der Waals surface area contributed by atoms with Crippen LogP contribution in [0.15, 0.2) is 12.5 Å². The quantitative estimate of drug-likeness (QED) is 0.763. The Hall–Kier alpha value is -0.870. The van der Waals surface area contributed by atoms with Crippen molar-refractivity contribution in [3.05, 3.63) is 18.2 Å². The monoisotopic (exact) mass is 225 g/mol. The summed E-state index contributed by atoms with van der Waals surface area (Å²) >= 11 is 0. The number of ether oxygens (including phenoxy) is 1. The van der Waals surface area contributed by atoms with Crippen LogP contribution in [0.3, 0.4) is 0 Å². The summed E-state index contributed by atoms with van der Waals surface area (Å²) in [5, 5.41) is 3.12. The fourth-order valence-electron chi connectivity index (χ4n) is 1.41. The van der Waals surface area contributed by atoms with Crippen LogP contribution in [-0.4, -0.2) is 35.9 Å². The Morgan fingerprint density at radius 3 is 2.88 bits per heavy atom. The van der Waals surface area contributed by atoms with Gasteiger partial charge in [0.05, 0.1) is 17.6 Å². The van der Waals surface area contributed by atoms with E-state index in [1.54, 1.807) is 7.11 Å². The molecule has 0 aliphatic carbocycles. The molecule has 0 spiro atoms. The van der Waals surface area contributed by atoms with Gasteiger partial charge in [0.1, 0.15) is 0 Å². The molecular formula is C12H23N3O. The van der Waals surface area contributed by atoms with Crippen molar-refractivity contribution in [1.82, 2.24) is 14.9 Å². The SMILES string of the molecule is CNCCc1cn(CCC(C)(C)OC)cn1. The minimum absolute atomic E-state index is 0.0601. The van der Waals surface area contributed by atoms with E-state index in [9.17, 15) is 0 Å². The molecule has 0 saturated heterocycles. The van der Waals surface area contributed by atoms with Crippen molar-refractivity contribution in [3.63, 3.8) is 0 Å². The third-order valence-electron chi connectivity index (χ3n) is 2.84. The lowest BCUT2D eigenvalue weighted by atomic mass is 10.1. The number of methoxy groups -OCH3 is 1. The lowest BCUT2D eigenvalue weighted by Gasteiger charge is -2.22. The third-order valence-corrected chi connectivity index (χ3v) is 2.84. The molecule has 0 aromatic carbocycles. The minimum atomic E-state index is -0.0601.